The Bertz CT molecular complexity index is 1400. The van der Waals surface area contributed by atoms with Gasteiger partial charge in [-0.3, -0.25) is 0 Å². The zero-order chi connectivity index (χ0) is 28.7. The van der Waals surface area contributed by atoms with E-state index in [2.05, 4.69) is 135 Å². The second-order valence-corrected chi connectivity index (χ2v) is 10.8. The quantitative estimate of drug-likeness (QED) is 0.250. The van der Waals surface area contributed by atoms with Crippen LogP contribution in [-0.4, -0.2) is 11.4 Å². The molecule has 0 bridgehead atoms. The van der Waals surface area contributed by atoms with E-state index in [1.807, 2.05) is 32.1 Å². The van der Waals surface area contributed by atoms with Crippen molar-refractivity contribution in [1.82, 2.24) is 4.90 Å². The summed E-state index contributed by atoms with van der Waals surface area (Å²) in [5.41, 5.74) is 9.63. The number of hydrogen-bond acceptors (Lipinski definition) is 2. The number of rotatable bonds is 7. The van der Waals surface area contributed by atoms with E-state index in [0.717, 1.165) is 30.7 Å². The molecule has 1 unspecified atom stereocenters. The van der Waals surface area contributed by atoms with Gasteiger partial charge in [-0.15, -0.1) is 0 Å². The van der Waals surface area contributed by atoms with Crippen LogP contribution in [0.25, 0.3) is 11.1 Å². The minimum atomic E-state index is -0.194. The van der Waals surface area contributed by atoms with E-state index < -0.39 is 0 Å². The largest absolute Gasteiger partial charge is 2.00 e. The first kappa shape index (κ1) is 31.4. The van der Waals surface area contributed by atoms with Crippen molar-refractivity contribution in [1.29, 1.82) is 0 Å². The maximum Gasteiger partial charge on any atom is 2.00 e. The number of hydrogen-bond donors (Lipinski definition) is 0. The molecule has 1 heterocycles. The standard InChI is InChI=1S/C35H32NO.C5H5.Fe/c1-3-4-23-36-33(28-15-11-12-16-28)32-30(26-13-7-5-8-14-26)24-31(27-21-19-25(2)20-22-27)34(32)37-35(36)29-17-9-6-10-18-29;1-2-4-5-3-1;/h5-22,24,35H,3-4,23H2,1-2H3;1-5H;/q;;+2. The van der Waals surface area contributed by atoms with Gasteiger partial charge in [-0.1, -0.05) is 104 Å². The summed E-state index contributed by atoms with van der Waals surface area (Å²) in [6.45, 7) is 5.31. The monoisotopic (exact) mass is 603 g/mol. The Kier molecular flexibility index (Phi) is 11.1. The number of aryl methyl sites for hydroxylation is 1. The van der Waals surface area contributed by atoms with Crippen LogP contribution in [0.3, 0.4) is 0 Å². The third kappa shape index (κ3) is 7.05. The van der Waals surface area contributed by atoms with Crippen LogP contribution in [0.4, 0.5) is 0 Å². The predicted molar refractivity (Wildman–Crippen MR) is 173 cm³/mol. The van der Waals surface area contributed by atoms with Crippen molar-refractivity contribution in [2.45, 2.75) is 32.9 Å². The summed E-state index contributed by atoms with van der Waals surface area (Å²) in [5, 5.41) is 0. The zero-order valence-corrected chi connectivity index (χ0v) is 25.9. The molecule has 2 fully saturated rings. The topological polar surface area (TPSA) is 12.5 Å². The molecule has 0 aromatic heterocycles. The normalized spacial score (nSPS) is 19.8. The molecular weight excluding hydrogens is 566 g/mol. The van der Waals surface area contributed by atoms with Crippen LogP contribution >= 0.6 is 0 Å². The van der Waals surface area contributed by atoms with E-state index in [9.17, 15) is 0 Å². The summed E-state index contributed by atoms with van der Waals surface area (Å²) in [6, 6.07) is 30.2. The van der Waals surface area contributed by atoms with Gasteiger partial charge in [-0.25, -0.2) is 0 Å². The smallest absolute Gasteiger partial charge is 0.465 e. The molecule has 10 radical (unpaired) electrons. The molecule has 2 nitrogen and oxygen atoms in total. The maximum atomic E-state index is 7.08. The van der Waals surface area contributed by atoms with Crippen molar-refractivity contribution < 1.29 is 21.8 Å². The van der Waals surface area contributed by atoms with Crippen LogP contribution in [0.5, 0.6) is 0 Å². The van der Waals surface area contributed by atoms with Gasteiger partial charge in [0, 0.05) is 34.9 Å². The van der Waals surface area contributed by atoms with Crippen LogP contribution in [0.1, 0.15) is 48.2 Å². The van der Waals surface area contributed by atoms with Gasteiger partial charge in [0.2, 0.25) is 0 Å². The number of benzene rings is 3. The first-order valence-electron chi connectivity index (χ1n) is 14.9. The van der Waals surface area contributed by atoms with Crippen molar-refractivity contribution in [2.24, 2.45) is 0 Å². The molecule has 3 aliphatic carbocycles. The molecule has 3 heteroatoms. The van der Waals surface area contributed by atoms with Gasteiger partial charge < -0.3 is 9.64 Å². The Balaban J connectivity index is 0.000000559. The van der Waals surface area contributed by atoms with Crippen LogP contribution in [0, 0.1) is 70.6 Å². The molecule has 2 saturated carbocycles. The molecular formula is C40H37FeNO+2. The SMILES string of the molecule is CCCCN1C([C]2[CH][CH][CH][CH]2)=C2C(c3ccccc3)=CC(c3ccc(C)cc3)=C2OC1c1ccccc1.[CH]1[CH][CH][CH][CH]1.[Fe+2]. The van der Waals surface area contributed by atoms with Gasteiger partial charge >= 0.3 is 17.1 Å². The van der Waals surface area contributed by atoms with Crippen LogP contribution in [0.2, 0.25) is 0 Å². The summed E-state index contributed by atoms with van der Waals surface area (Å²) in [5.74, 6) is 2.21. The molecule has 1 aliphatic heterocycles. The fraction of sp³-hybridized carbons (Fsp3) is 0.150. The summed E-state index contributed by atoms with van der Waals surface area (Å²) in [6.07, 6.45) is 23.1. The van der Waals surface area contributed by atoms with Crippen LogP contribution < -0.4 is 0 Å². The molecule has 0 spiro atoms. The van der Waals surface area contributed by atoms with E-state index >= 15 is 0 Å². The van der Waals surface area contributed by atoms with E-state index in [1.165, 1.54) is 45.0 Å². The first-order valence-corrected chi connectivity index (χ1v) is 14.9. The second kappa shape index (κ2) is 15.1. The molecule has 3 aromatic rings. The van der Waals surface area contributed by atoms with Gasteiger partial charge in [-0.05, 0) is 93.9 Å². The summed E-state index contributed by atoms with van der Waals surface area (Å²) in [7, 11) is 0. The number of nitrogens with zero attached hydrogens (tertiary/aromatic N) is 1. The molecule has 0 N–H and O–H groups in total. The predicted octanol–water partition coefficient (Wildman–Crippen LogP) is 9.31. The maximum absolute atomic E-state index is 7.08. The number of ether oxygens (including phenoxy) is 1. The van der Waals surface area contributed by atoms with Crippen molar-refractivity contribution in [2.75, 3.05) is 6.54 Å². The Morgan fingerprint density at radius 2 is 1.30 bits per heavy atom. The average molecular weight is 604 g/mol. The summed E-state index contributed by atoms with van der Waals surface area (Å²) < 4.78 is 7.08. The van der Waals surface area contributed by atoms with Gasteiger partial charge in [0.1, 0.15) is 5.76 Å². The molecule has 214 valence electrons. The Labute approximate surface area is 270 Å². The first-order chi connectivity index (χ1) is 20.7. The van der Waals surface area contributed by atoms with Crippen molar-refractivity contribution in [3.05, 3.63) is 194 Å². The third-order valence-corrected chi connectivity index (χ3v) is 7.84. The van der Waals surface area contributed by atoms with Gasteiger partial charge in [0.05, 0.1) is 0 Å². The number of fused-ring (bicyclic) bond motifs is 1. The number of allylic oxidation sites excluding steroid dienone is 4. The van der Waals surface area contributed by atoms with Gasteiger partial charge in [0.25, 0.3) is 0 Å². The molecule has 0 amide bonds. The average Bonchev–Trinajstić information content (AvgIpc) is 3.85. The molecule has 1 atom stereocenters. The molecule has 43 heavy (non-hydrogen) atoms. The van der Waals surface area contributed by atoms with Gasteiger partial charge in [-0.2, -0.15) is 0 Å². The summed E-state index contributed by atoms with van der Waals surface area (Å²) >= 11 is 0. The minimum absolute atomic E-state index is 0. The Hall–Kier alpha value is -3.00. The minimum Gasteiger partial charge on any atom is -0.465 e. The molecule has 7 rings (SSSR count). The van der Waals surface area contributed by atoms with Gasteiger partial charge in [0.15, 0.2) is 6.23 Å². The zero-order valence-electron chi connectivity index (χ0n) is 24.8. The number of unbranched alkanes of at least 4 members (excludes halogenated alkanes) is 1. The third-order valence-electron chi connectivity index (χ3n) is 7.84. The van der Waals surface area contributed by atoms with E-state index in [-0.39, 0.29) is 23.3 Å². The Morgan fingerprint density at radius 1 is 0.698 bits per heavy atom. The van der Waals surface area contributed by atoms with E-state index in [1.54, 1.807) is 0 Å². The van der Waals surface area contributed by atoms with Crippen LogP contribution in [0.15, 0.2) is 108 Å². The molecule has 3 aromatic carbocycles. The molecule has 0 saturated heterocycles. The van der Waals surface area contributed by atoms with Crippen LogP contribution in [-0.2, 0) is 21.8 Å². The Morgan fingerprint density at radius 3 is 1.91 bits per heavy atom. The molecule has 4 aliphatic rings. The fourth-order valence-corrected chi connectivity index (χ4v) is 5.71. The van der Waals surface area contributed by atoms with Crippen molar-refractivity contribution in [3.8, 4) is 0 Å². The van der Waals surface area contributed by atoms with Crippen molar-refractivity contribution in [3.63, 3.8) is 0 Å². The fourth-order valence-electron chi connectivity index (χ4n) is 5.71. The van der Waals surface area contributed by atoms with Crippen molar-refractivity contribution >= 4 is 11.1 Å². The van der Waals surface area contributed by atoms with E-state index in [0.29, 0.717) is 0 Å². The second-order valence-electron chi connectivity index (χ2n) is 10.8. The van der Waals surface area contributed by atoms with E-state index in [4.69, 9.17) is 4.74 Å². The summed E-state index contributed by atoms with van der Waals surface area (Å²) in [4.78, 5) is 2.49.